The Kier molecular flexibility index (Phi) is 6.99. The van der Waals surface area contributed by atoms with Crippen molar-refractivity contribution in [2.24, 2.45) is 0 Å². The van der Waals surface area contributed by atoms with E-state index in [2.05, 4.69) is 37.9 Å². The normalized spacial score (nSPS) is 11.8. The van der Waals surface area contributed by atoms with Crippen LogP contribution in [0.5, 0.6) is 0 Å². The van der Waals surface area contributed by atoms with E-state index in [-0.39, 0.29) is 32.0 Å². The van der Waals surface area contributed by atoms with Gasteiger partial charge in [0, 0.05) is 17.3 Å². The molecule has 0 fully saturated rings. The molecule has 0 saturated carbocycles. The van der Waals surface area contributed by atoms with Crippen LogP contribution in [-0.4, -0.2) is 19.7 Å². The average molecular weight is 626 g/mol. The monoisotopic (exact) mass is 625 g/mol. The van der Waals surface area contributed by atoms with Gasteiger partial charge in [-0.15, -0.1) is 18.2 Å². The number of nitrogens with zero attached hydrogens (tertiary/aromatic N) is 4. The van der Waals surface area contributed by atoms with Gasteiger partial charge in [0.05, 0.1) is 5.69 Å². The van der Waals surface area contributed by atoms with Gasteiger partial charge in [-0.1, -0.05) is 32.4 Å². The van der Waals surface area contributed by atoms with Gasteiger partial charge in [0.15, 0.2) is 11.9 Å². The average Bonchev–Trinajstić information content (AvgIpc) is 3.24. The van der Waals surface area contributed by atoms with Crippen LogP contribution in [0.4, 0.5) is 8.78 Å². The predicted molar refractivity (Wildman–Crippen MR) is 119 cm³/mol. The Morgan fingerprint density at radius 1 is 0.909 bits per heavy atom. The third kappa shape index (κ3) is 5.27. The van der Waals surface area contributed by atoms with Crippen LogP contribution < -0.4 is 0 Å². The van der Waals surface area contributed by atoms with Crippen molar-refractivity contribution in [2.75, 3.05) is 0 Å². The van der Waals surface area contributed by atoms with Gasteiger partial charge >= 0.3 is 21.1 Å². The predicted octanol–water partition coefficient (Wildman–Crippen LogP) is 5.83. The van der Waals surface area contributed by atoms with Gasteiger partial charge in [-0.2, -0.15) is 39.3 Å². The van der Waals surface area contributed by atoms with Crippen LogP contribution in [0.15, 0.2) is 54.7 Å². The number of hydrogen-bond acceptors (Lipinski definition) is 3. The first kappa shape index (κ1) is 24.9. The molecule has 172 valence electrons. The molecule has 0 N–H and O–H groups in total. The largest absolute Gasteiger partial charge is 2.00 e. The zero-order valence-electron chi connectivity index (χ0n) is 19.1. The minimum Gasteiger partial charge on any atom is -0.316 e. The van der Waals surface area contributed by atoms with Crippen LogP contribution in [0.2, 0.25) is 0 Å². The molecule has 3 heterocycles. The Labute approximate surface area is 207 Å². The van der Waals surface area contributed by atoms with Crippen LogP contribution in [-0.2, 0) is 31.9 Å². The van der Waals surface area contributed by atoms with Gasteiger partial charge in [0.25, 0.3) is 0 Å². The first-order valence-corrected chi connectivity index (χ1v) is 10.4. The molecule has 0 atom stereocenters. The first-order valence-electron chi connectivity index (χ1n) is 10.4. The number of pyridine rings is 2. The molecule has 0 amide bonds. The van der Waals surface area contributed by atoms with E-state index in [1.807, 2.05) is 62.5 Å². The summed E-state index contributed by atoms with van der Waals surface area (Å²) in [5, 5.41) is 4.76. The van der Waals surface area contributed by atoms with Gasteiger partial charge in [-0.3, -0.25) is 4.68 Å². The van der Waals surface area contributed by atoms with Gasteiger partial charge < -0.3 is 4.98 Å². The van der Waals surface area contributed by atoms with Crippen LogP contribution in [0.25, 0.3) is 16.9 Å². The van der Waals surface area contributed by atoms with Gasteiger partial charge in [0.2, 0.25) is 0 Å². The third-order valence-corrected chi connectivity index (χ3v) is 5.48. The Hall–Kier alpha value is -2.72. The molecule has 7 heteroatoms. The fourth-order valence-electron chi connectivity index (χ4n) is 3.43. The summed E-state index contributed by atoms with van der Waals surface area (Å²) < 4.78 is 29.3. The molecular formula is C26H24F2N4Pt. The molecule has 0 bridgehead atoms. The number of para-hydroxylation sites is 1. The van der Waals surface area contributed by atoms with Gasteiger partial charge in [0.1, 0.15) is 0 Å². The van der Waals surface area contributed by atoms with Crippen LogP contribution in [0, 0.1) is 24.0 Å². The second-order valence-corrected chi connectivity index (χ2v) is 9.30. The molecule has 0 spiro atoms. The summed E-state index contributed by atoms with van der Waals surface area (Å²) in [4.78, 5) is 7.93. The molecule has 0 unspecified atom stereocenters. The van der Waals surface area contributed by atoms with E-state index in [0.717, 1.165) is 28.7 Å². The molecule has 1 aromatic carbocycles. The van der Waals surface area contributed by atoms with Crippen LogP contribution in [0.3, 0.4) is 0 Å². The molecule has 3 aromatic heterocycles. The molecule has 0 radical (unpaired) electrons. The van der Waals surface area contributed by atoms with Gasteiger partial charge in [-0.25, -0.2) is 9.37 Å². The molecule has 4 rings (SSSR count). The molecular weight excluding hydrogens is 601 g/mol. The van der Waals surface area contributed by atoms with Crippen molar-refractivity contribution in [3.63, 3.8) is 0 Å². The first-order chi connectivity index (χ1) is 15.0. The van der Waals surface area contributed by atoms with E-state index >= 15 is 0 Å². The molecule has 4 aromatic rings. The van der Waals surface area contributed by atoms with Crippen LogP contribution in [0.1, 0.15) is 51.6 Å². The summed E-state index contributed by atoms with van der Waals surface area (Å²) in [5.74, 6) is -1.90. The maximum atomic E-state index is 13.8. The van der Waals surface area contributed by atoms with Crippen molar-refractivity contribution in [2.45, 2.75) is 45.4 Å². The third-order valence-electron chi connectivity index (χ3n) is 5.48. The van der Waals surface area contributed by atoms with Crippen LogP contribution >= 0.6 is 0 Å². The molecule has 0 saturated heterocycles. The topological polar surface area (TPSA) is 43.6 Å². The Bertz CT molecular complexity index is 1240. The van der Waals surface area contributed by atoms with Crippen molar-refractivity contribution in [3.05, 3.63) is 95.7 Å². The van der Waals surface area contributed by atoms with E-state index in [4.69, 9.17) is 10.1 Å². The maximum absolute atomic E-state index is 13.8. The molecule has 4 nitrogen and oxygen atoms in total. The van der Waals surface area contributed by atoms with Crippen molar-refractivity contribution >= 4 is 0 Å². The summed E-state index contributed by atoms with van der Waals surface area (Å²) in [6, 6.07) is 20.2. The minimum absolute atomic E-state index is 0. The fourth-order valence-corrected chi connectivity index (χ4v) is 3.43. The molecule has 0 aliphatic heterocycles. The summed E-state index contributed by atoms with van der Waals surface area (Å²) in [5.41, 5.74) is 3.28. The van der Waals surface area contributed by atoms with Crippen molar-refractivity contribution < 1.29 is 29.8 Å². The molecule has 0 aliphatic carbocycles. The smallest absolute Gasteiger partial charge is 0.316 e. The van der Waals surface area contributed by atoms with E-state index in [0.29, 0.717) is 5.69 Å². The number of aromatic nitrogens is 4. The maximum Gasteiger partial charge on any atom is 2.00 e. The van der Waals surface area contributed by atoms with E-state index < -0.39 is 17.3 Å². The minimum atomic E-state index is -0.998. The quantitative estimate of drug-likeness (QED) is 0.212. The second-order valence-electron chi connectivity index (χ2n) is 9.30. The molecule has 33 heavy (non-hydrogen) atoms. The SMILES string of the molecule is CC(C)(C)c1cc(-c2[c-]c(F)nc(F)c2)nc(C(C)(C)c2ccn(-c3[c-]cccc3)n2)c1.[Pt+2]. The van der Waals surface area contributed by atoms with Crippen molar-refractivity contribution in [1.82, 2.24) is 19.7 Å². The Morgan fingerprint density at radius 3 is 2.30 bits per heavy atom. The van der Waals surface area contributed by atoms with E-state index in [9.17, 15) is 8.78 Å². The Balaban J connectivity index is 0.00000306. The van der Waals surface area contributed by atoms with Crippen molar-refractivity contribution in [1.29, 1.82) is 0 Å². The summed E-state index contributed by atoms with van der Waals surface area (Å²) >= 11 is 0. The van der Waals surface area contributed by atoms with Crippen molar-refractivity contribution in [3.8, 4) is 16.9 Å². The van der Waals surface area contributed by atoms with Gasteiger partial charge in [-0.05, 0) is 42.8 Å². The number of benzene rings is 1. The number of rotatable bonds is 4. The van der Waals surface area contributed by atoms with E-state index in [1.165, 1.54) is 0 Å². The zero-order chi connectivity index (χ0) is 23.1. The number of hydrogen-bond donors (Lipinski definition) is 0. The summed E-state index contributed by atoms with van der Waals surface area (Å²) in [6.07, 6.45) is 1.89. The Morgan fingerprint density at radius 2 is 1.67 bits per heavy atom. The standard InChI is InChI=1S/C26H24F2N4.Pt/c1-25(2,3)18-15-20(17-13-23(27)30-24(28)14-17)29-22(16-18)26(4,5)21-11-12-32(31-21)19-9-7-6-8-10-19;/h6-9,11-13,15-16H,1-5H3;/q-2;+2. The number of halogens is 2. The summed E-state index contributed by atoms with van der Waals surface area (Å²) in [7, 11) is 0. The second kappa shape index (κ2) is 9.26. The zero-order valence-corrected chi connectivity index (χ0v) is 21.3. The van der Waals surface area contributed by atoms with E-state index in [1.54, 1.807) is 4.68 Å². The molecule has 0 aliphatic rings. The fraction of sp³-hybridized carbons (Fsp3) is 0.269. The summed E-state index contributed by atoms with van der Waals surface area (Å²) in [6.45, 7) is 10.3.